The summed E-state index contributed by atoms with van der Waals surface area (Å²) < 4.78 is 1.94. The molecule has 0 saturated carbocycles. The molecule has 0 aliphatic rings. The molecule has 114 valence electrons. The Balaban J connectivity index is 1.91. The highest BCUT2D eigenvalue weighted by atomic mass is 32.2. The molecule has 0 aliphatic carbocycles. The zero-order valence-corrected chi connectivity index (χ0v) is 13.1. The number of carbonyl (C=O) groups is 1. The lowest BCUT2D eigenvalue weighted by molar-refractivity contribution is -0.145. The van der Waals surface area contributed by atoms with E-state index in [0.717, 1.165) is 23.0 Å². The standard InChI is InChI=1S/C14H20N4O2S/c1-3-14(15-2,12(19)20)8-6-10-21-13-17-16-11-7-4-5-9-18(11)13/h4-5,7,9,15H,3,6,8,10H2,1-2H3,(H,19,20). The van der Waals surface area contributed by atoms with Gasteiger partial charge in [-0.3, -0.25) is 9.20 Å². The average molecular weight is 308 g/mol. The van der Waals surface area contributed by atoms with E-state index < -0.39 is 11.5 Å². The number of nitrogens with zero attached hydrogens (tertiary/aromatic N) is 3. The van der Waals surface area contributed by atoms with Gasteiger partial charge < -0.3 is 10.4 Å². The molecule has 0 radical (unpaired) electrons. The van der Waals surface area contributed by atoms with Gasteiger partial charge in [-0.1, -0.05) is 24.8 Å². The highest BCUT2D eigenvalue weighted by Crippen LogP contribution is 2.22. The van der Waals surface area contributed by atoms with E-state index in [0.29, 0.717) is 12.8 Å². The predicted molar refractivity (Wildman–Crippen MR) is 82.7 cm³/mol. The number of rotatable bonds is 8. The van der Waals surface area contributed by atoms with Crippen molar-refractivity contribution in [2.75, 3.05) is 12.8 Å². The van der Waals surface area contributed by atoms with Crippen LogP contribution in [0.1, 0.15) is 26.2 Å². The van der Waals surface area contributed by atoms with Crippen LogP contribution in [-0.2, 0) is 4.79 Å². The fourth-order valence-corrected chi connectivity index (χ4v) is 3.16. The summed E-state index contributed by atoms with van der Waals surface area (Å²) in [5, 5.41) is 21.4. The second kappa shape index (κ2) is 6.91. The Morgan fingerprint density at radius 1 is 1.48 bits per heavy atom. The molecule has 0 aliphatic heterocycles. The van der Waals surface area contributed by atoms with Crippen LogP contribution in [0.15, 0.2) is 29.6 Å². The molecule has 2 aromatic rings. The Morgan fingerprint density at radius 2 is 2.29 bits per heavy atom. The molecule has 1 unspecified atom stereocenters. The van der Waals surface area contributed by atoms with Gasteiger partial charge >= 0.3 is 5.97 Å². The van der Waals surface area contributed by atoms with Crippen LogP contribution >= 0.6 is 11.8 Å². The third-order valence-electron chi connectivity index (χ3n) is 3.75. The Hall–Kier alpha value is -1.60. The van der Waals surface area contributed by atoms with Crippen LogP contribution < -0.4 is 5.32 Å². The molecule has 0 amide bonds. The van der Waals surface area contributed by atoms with E-state index in [1.165, 1.54) is 0 Å². The van der Waals surface area contributed by atoms with Gasteiger partial charge in [0.05, 0.1) is 0 Å². The van der Waals surface area contributed by atoms with Crippen LogP contribution in [-0.4, -0.2) is 44.0 Å². The van der Waals surface area contributed by atoms with Crippen LogP contribution in [0.4, 0.5) is 0 Å². The Labute approximate surface area is 128 Å². The van der Waals surface area contributed by atoms with E-state index in [-0.39, 0.29) is 0 Å². The van der Waals surface area contributed by atoms with Gasteiger partial charge in [0.25, 0.3) is 0 Å². The summed E-state index contributed by atoms with van der Waals surface area (Å²) in [6.07, 6.45) is 3.89. The van der Waals surface area contributed by atoms with E-state index in [2.05, 4.69) is 15.5 Å². The fourth-order valence-electron chi connectivity index (χ4n) is 2.30. The number of fused-ring (bicyclic) bond motifs is 1. The molecule has 1 atom stereocenters. The number of carboxylic acid groups (broad SMARTS) is 1. The van der Waals surface area contributed by atoms with Crippen LogP contribution in [0.25, 0.3) is 5.65 Å². The van der Waals surface area contributed by atoms with Crippen LogP contribution in [0.2, 0.25) is 0 Å². The first-order valence-electron chi connectivity index (χ1n) is 6.98. The average Bonchev–Trinajstić information content (AvgIpc) is 2.91. The first-order valence-corrected chi connectivity index (χ1v) is 7.96. The first kappa shape index (κ1) is 15.8. The SMILES string of the molecule is CCC(CCCSc1nnc2ccccn12)(NC)C(=O)O. The third kappa shape index (κ3) is 3.36. The Morgan fingerprint density at radius 3 is 2.95 bits per heavy atom. The molecule has 0 aromatic carbocycles. The normalized spacial score (nSPS) is 14.2. The number of pyridine rings is 1. The number of hydrogen-bond donors (Lipinski definition) is 2. The van der Waals surface area contributed by atoms with Crippen molar-refractivity contribution in [1.82, 2.24) is 19.9 Å². The summed E-state index contributed by atoms with van der Waals surface area (Å²) in [6, 6.07) is 5.77. The van der Waals surface area contributed by atoms with Crippen LogP contribution in [0.3, 0.4) is 0 Å². The lowest BCUT2D eigenvalue weighted by atomic mass is 9.91. The lowest BCUT2D eigenvalue weighted by Gasteiger charge is -2.27. The Bertz CT molecular complexity index is 610. The second-order valence-corrected chi connectivity index (χ2v) is 5.92. The van der Waals surface area contributed by atoms with Gasteiger partial charge in [0.2, 0.25) is 0 Å². The van der Waals surface area contributed by atoms with Crippen molar-refractivity contribution < 1.29 is 9.90 Å². The minimum absolute atomic E-state index is 0.567. The highest BCUT2D eigenvalue weighted by Gasteiger charge is 2.34. The number of carboxylic acids is 1. The molecule has 2 aromatic heterocycles. The van der Waals surface area contributed by atoms with Crippen molar-refractivity contribution in [2.45, 2.75) is 36.9 Å². The van der Waals surface area contributed by atoms with Crippen LogP contribution in [0, 0.1) is 0 Å². The number of thioether (sulfide) groups is 1. The van der Waals surface area contributed by atoms with Gasteiger partial charge in [-0.25, -0.2) is 0 Å². The maximum absolute atomic E-state index is 11.4. The monoisotopic (exact) mass is 308 g/mol. The molecular formula is C14H20N4O2S. The fraction of sp³-hybridized carbons (Fsp3) is 0.500. The van der Waals surface area contributed by atoms with Crippen molar-refractivity contribution in [3.05, 3.63) is 24.4 Å². The molecule has 2 rings (SSSR count). The maximum atomic E-state index is 11.4. The quantitative estimate of drug-likeness (QED) is 0.574. The van der Waals surface area contributed by atoms with Crippen molar-refractivity contribution in [2.24, 2.45) is 0 Å². The minimum Gasteiger partial charge on any atom is -0.480 e. The predicted octanol–water partition coefficient (Wildman–Crippen LogP) is 2.05. The van der Waals surface area contributed by atoms with E-state index in [1.807, 2.05) is 35.7 Å². The summed E-state index contributed by atoms with van der Waals surface area (Å²) >= 11 is 1.60. The Kier molecular flexibility index (Phi) is 5.19. The summed E-state index contributed by atoms with van der Waals surface area (Å²) in [7, 11) is 1.71. The van der Waals surface area contributed by atoms with Crippen molar-refractivity contribution in [3.63, 3.8) is 0 Å². The first-order chi connectivity index (χ1) is 10.1. The lowest BCUT2D eigenvalue weighted by Crippen LogP contribution is -2.49. The number of hydrogen-bond acceptors (Lipinski definition) is 5. The van der Waals surface area contributed by atoms with Gasteiger partial charge in [0.1, 0.15) is 5.54 Å². The van der Waals surface area contributed by atoms with E-state index in [4.69, 9.17) is 0 Å². The number of nitrogens with one attached hydrogen (secondary N) is 1. The van der Waals surface area contributed by atoms with E-state index in [1.54, 1.807) is 18.8 Å². The number of aromatic nitrogens is 3. The van der Waals surface area contributed by atoms with Gasteiger partial charge in [0.15, 0.2) is 10.8 Å². The molecule has 21 heavy (non-hydrogen) atoms. The maximum Gasteiger partial charge on any atom is 0.323 e. The number of aliphatic carboxylic acids is 1. The van der Waals surface area contributed by atoms with Gasteiger partial charge in [-0.05, 0) is 38.4 Å². The molecular weight excluding hydrogens is 288 g/mol. The van der Waals surface area contributed by atoms with Crippen molar-refractivity contribution in [3.8, 4) is 0 Å². The topological polar surface area (TPSA) is 79.5 Å². The smallest absolute Gasteiger partial charge is 0.323 e. The summed E-state index contributed by atoms with van der Waals surface area (Å²) in [5.41, 5.74) is -0.00308. The largest absolute Gasteiger partial charge is 0.480 e. The molecule has 0 bridgehead atoms. The van der Waals surface area contributed by atoms with E-state index >= 15 is 0 Å². The zero-order chi connectivity index (χ0) is 15.3. The third-order valence-corrected chi connectivity index (χ3v) is 4.78. The molecule has 0 saturated heterocycles. The molecule has 7 heteroatoms. The molecule has 2 heterocycles. The highest BCUT2D eigenvalue weighted by molar-refractivity contribution is 7.99. The van der Waals surface area contributed by atoms with Crippen molar-refractivity contribution >= 4 is 23.4 Å². The van der Waals surface area contributed by atoms with E-state index in [9.17, 15) is 9.90 Å². The zero-order valence-electron chi connectivity index (χ0n) is 12.2. The van der Waals surface area contributed by atoms with Gasteiger partial charge in [0, 0.05) is 11.9 Å². The van der Waals surface area contributed by atoms with Crippen molar-refractivity contribution in [1.29, 1.82) is 0 Å². The molecule has 2 N–H and O–H groups in total. The summed E-state index contributed by atoms with van der Waals surface area (Å²) in [4.78, 5) is 11.4. The molecule has 0 spiro atoms. The summed E-state index contributed by atoms with van der Waals surface area (Å²) in [6.45, 7) is 1.89. The summed E-state index contributed by atoms with van der Waals surface area (Å²) in [5.74, 6) is 0.0253. The number of likely N-dealkylation sites (N-methyl/N-ethyl adjacent to an activating group) is 1. The van der Waals surface area contributed by atoms with Crippen LogP contribution in [0.5, 0.6) is 0 Å². The second-order valence-electron chi connectivity index (χ2n) is 4.85. The minimum atomic E-state index is -0.826. The molecule has 6 nitrogen and oxygen atoms in total. The molecule has 0 fully saturated rings. The van der Waals surface area contributed by atoms with Gasteiger partial charge in [-0.2, -0.15) is 0 Å². The van der Waals surface area contributed by atoms with Gasteiger partial charge in [-0.15, -0.1) is 10.2 Å².